The third kappa shape index (κ3) is 4.39. The molecule has 0 saturated heterocycles. The van der Waals surface area contributed by atoms with E-state index in [-0.39, 0.29) is 17.6 Å². The number of thiazole rings is 1. The number of carbonyl (C=O) groups is 2. The van der Waals surface area contributed by atoms with Crippen LogP contribution < -0.4 is 5.32 Å². The van der Waals surface area contributed by atoms with Crippen molar-refractivity contribution in [3.8, 4) is 0 Å². The molecule has 7 heteroatoms. The molecule has 2 rings (SSSR count). The second-order valence-electron chi connectivity index (χ2n) is 5.70. The van der Waals surface area contributed by atoms with Gasteiger partial charge < -0.3 is 10.4 Å². The number of amides is 1. The summed E-state index contributed by atoms with van der Waals surface area (Å²) < 4.78 is 0. The average Bonchev–Trinajstić information content (AvgIpc) is 2.98. The number of rotatable bonds is 7. The van der Waals surface area contributed by atoms with Crippen LogP contribution in [0.2, 0.25) is 0 Å². The van der Waals surface area contributed by atoms with Gasteiger partial charge in [0.15, 0.2) is 5.69 Å². The van der Waals surface area contributed by atoms with Gasteiger partial charge in [0, 0.05) is 18.3 Å². The lowest BCUT2D eigenvalue weighted by molar-refractivity contribution is -0.125. The SMILES string of the molecule is Cc1ccccc1C(C(=O)NCCc1nc(C(=O)O)cs1)N(C)C. The first-order valence-corrected chi connectivity index (χ1v) is 8.45. The molecule has 1 atom stereocenters. The van der Waals surface area contributed by atoms with Crippen LogP contribution in [0.4, 0.5) is 0 Å². The van der Waals surface area contributed by atoms with Crippen LogP contribution in [0.25, 0.3) is 0 Å². The summed E-state index contributed by atoms with van der Waals surface area (Å²) in [5, 5.41) is 14.0. The van der Waals surface area contributed by atoms with E-state index in [1.54, 1.807) is 0 Å². The number of aryl methyl sites for hydroxylation is 1. The summed E-state index contributed by atoms with van der Waals surface area (Å²) in [6.07, 6.45) is 0.512. The predicted octanol–water partition coefficient (Wildman–Crippen LogP) is 2.11. The molecule has 0 aliphatic heterocycles. The van der Waals surface area contributed by atoms with Gasteiger partial charge in [-0.2, -0.15) is 0 Å². The number of carbonyl (C=O) groups excluding carboxylic acids is 1. The lowest BCUT2D eigenvalue weighted by Crippen LogP contribution is -2.38. The number of hydrogen-bond acceptors (Lipinski definition) is 5. The Morgan fingerprint density at radius 3 is 2.62 bits per heavy atom. The van der Waals surface area contributed by atoms with Gasteiger partial charge in [-0.25, -0.2) is 9.78 Å². The summed E-state index contributed by atoms with van der Waals surface area (Å²) in [6, 6.07) is 7.46. The molecule has 0 spiro atoms. The van der Waals surface area contributed by atoms with E-state index in [0.717, 1.165) is 11.1 Å². The van der Waals surface area contributed by atoms with Crippen molar-refractivity contribution < 1.29 is 14.7 Å². The zero-order valence-corrected chi connectivity index (χ0v) is 14.8. The molecule has 24 heavy (non-hydrogen) atoms. The lowest BCUT2D eigenvalue weighted by atomic mass is 10.00. The molecule has 6 nitrogen and oxygen atoms in total. The number of benzene rings is 1. The molecule has 0 aliphatic carbocycles. The molecular weight excluding hydrogens is 326 g/mol. The van der Waals surface area contributed by atoms with Crippen molar-refractivity contribution in [2.75, 3.05) is 20.6 Å². The van der Waals surface area contributed by atoms with Gasteiger partial charge in [-0.1, -0.05) is 24.3 Å². The molecule has 1 unspecified atom stereocenters. The highest BCUT2D eigenvalue weighted by molar-refractivity contribution is 7.09. The quantitative estimate of drug-likeness (QED) is 0.802. The number of aromatic carboxylic acids is 1. The number of aromatic nitrogens is 1. The standard InChI is InChI=1S/C17H21N3O3S/c1-11-6-4-5-7-12(11)15(20(2)3)16(21)18-9-8-14-19-13(10-24-14)17(22)23/h4-7,10,15H,8-9H2,1-3H3,(H,18,21)(H,22,23). The van der Waals surface area contributed by atoms with Gasteiger partial charge in [0.05, 0.1) is 5.01 Å². The smallest absolute Gasteiger partial charge is 0.355 e. The summed E-state index contributed by atoms with van der Waals surface area (Å²) >= 11 is 1.29. The monoisotopic (exact) mass is 347 g/mol. The first kappa shape index (κ1) is 18.1. The molecule has 1 aromatic heterocycles. The molecule has 0 aliphatic rings. The maximum atomic E-state index is 12.6. The number of carboxylic acids is 1. The Hall–Kier alpha value is -2.25. The van der Waals surface area contributed by atoms with Crippen LogP contribution in [-0.4, -0.2) is 47.5 Å². The first-order valence-electron chi connectivity index (χ1n) is 7.57. The van der Waals surface area contributed by atoms with E-state index in [9.17, 15) is 9.59 Å². The maximum Gasteiger partial charge on any atom is 0.355 e. The zero-order valence-electron chi connectivity index (χ0n) is 13.9. The van der Waals surface area contributed by atoms with Crippen molar-refractivity contribution in [1.29, 1.82) is 0 Å². The lowest BCUT2D eigenvalue weighted by Gasteiger charge is -2.25. The number of nitrogens with one attached hydrogen (secondary N) is 1. The Kier molecular flexibility index (Phi) is 6.05. The van der Waals surface area contributed by atoms with E-state index in [2.05, 4.69) is 10.3 Å². The molecule has 0 bridgehead atoms. The van der Waals surface area contributed by atoms with E-state index >= 15 is 0 Å². The fraction of sp³-hybridized carbons (Fsp3) is 0.353. The third-order valence-electron chi connectivity index (χ3n) is 3.66. The Morgan fingerprint density at radius 1 is 1.33 bits per heavy atom. The molecule has 128 valence electrons. The van der Waals surface area contributed by atoms with E-state index in [1.807, 2.05) is 50.2 Å². The van der Waals surface area contributed by atoms with Crippen molar-refractivity contribution in [2.45, 2.75) is 19.4 Å². The van der Waals surface area contributed by atoms with E-state index in [4.69, 9.17) is 5.11 Å². The minimum Gasteiger partial charge on any atom is -0.476 e. The molecule has 2 N–H and O–H groups in total. The van der Waals surface area contributed by atoms with Crippen molar-refractivity contribution in [1.82, 2.24) is 15.2 Å². The van der Waals surface area contributed by atoms with Crippen LogP contribution in [-0.2, 0) is 11.2 Å². The fourth-order valence-corrected chi connectivity index (χ4v) is 3.23. The molecular formula is C17H21N3O3S. The Bertz CT molecular complexity index is 727. The topological polar surface area (TPSA) is 82.5 Å². The number of hydrogen-bond donors (Lipinski definition) is 2. The van der Waals surface area contributed by atoms with Crippen LogP contribution in [0.5, 0.6) is 0 Å². The van der Waals surface area contributed by atoms with Crippen LogP contribution >= 0.6 is 11.3 Å². The Balaban J connectivity index is 1.98. The second-order valence-corrected chi connectivity index (χ2v) is 6.64. The van der Waals surface area contributed by atoms with E-state index < -0.39 is 5.97 Å². The number of likely N-dealkylation sites (N-methyl/N-ethyl adjacent to an activating group) is 1. The number of carboxylic acid groups (broad SMARTS) is 1. The summed E-state index contributed by atoms with van der Waals surface area (Å²) in [7, 11) is 3.74. The second kappa shape index (κ2) is 8.03. The number of nitrogens with zero attached hydrogens (tertiary/aromatic N) is 2. The highest BCUT2D eigenvalue weighted by atomic mass is 32.1. The molecule has 0 fully saturated rings. The molecule has 0 saturated carbocycles. The molecule has 0 radical (unpaired) electrons. The maximum absolute atomic E-state index is 12.6. The molecule has 2 aromatic rings. The van der Waals surface area contributed by atoms with E-state index in [1.165, 1.54) is 16.7 Å². The van der Waals surface area contributed by atoms with Gasteiger partial charge in [-0.05, 0) is 32.1 Å². The molecule has 1 heterocycles. The van der Waals surface area contributed by atoms with Crippen LogP contribution in [0.3, 0.4) is 0 Å². The highest BCUT2D eigenvalue weighted by Gasteiger charge is 2.23. The van der Waals surface area contributed by atoms with Crippen molar-refractivity contribution in [3.05, 3.63) is 51.5 Å². The largest absolute Gasteiger partial charge is 0.476 e. The molecule has 1 aromatic carbocycles. The minimum atomic E-state index is -1.03. The summed E-state index contributed by atoms with van der Waals surface area (Å²) in [5.74, 6) is -1.11. The van der Waals surface area contributed by atoms with Crippen LogP contribution in [0.15, 0.2) is 29.6 Å². The fourth-order valence-electron chi connectivity index (χ4n) is 2.46. The van der Waals surface area contributed by atoms with Gasteiger partial charge in [0.1, 0.15) is 6.04 Å². The van der Waals surface area contributed by atoms with Crippen molar-refractivity contribution in [2.24, 2.45) is 0 Å². The predicted molar refractivity (Wildman–Crippen MR) is 93.4 cm³/mol. The van der Waals surface area contributed by atoms with Gasteiger partial charge in [0.25, 0.3) is 0 Å². The normalized spacial score (nSPS) is 12.2. The van der Waals surface area contributed by atoms with Gasteiger partial charge in [0.2, 0.25) is 5.91 Å². The summed E-state index contributed by atoms with van der Waals surface area (Å²) in [4.78, 5) is 29.3. The Morgan fingerprint density at radius 2 is 2.04 bits per heavy atom. The van der Waals surface area contributed by atoms with Crippen LogP contribution in [0.1, 0.15) is 32.7 Å². The van der Waals surface area contributed by atoms with Gasteiger partial charge >= 0.3 is 5.97 Å². The summed E-state index contributed by atoms with van der Waals surface area (Å²) in [5.41, 5.74) is 2.09. The van der Waals surface area contributed by atoms with Crippen LogP contribution in [0, 0.1) is 6.92 Å². The zero-order chi connectivity index (χ0) is 17.7. The summed E-state index contributed by atoms with van der Waals surface area (Å²) in [6.45, 7) is 2.41. The first-order chi connectivity index (χ1) is 11.4. The highest BCUT2D eigenvalue weighted by Crippen LogP contribution is 2.22. The Labute approximate surface area is 145 Å². The van der Waals surface area contributed by atoms with E-state index in [0.29, 0.717) is 18.0 Å². The minimum absolute atomic E-state index is 0.0485. The third-order valence-corrected chi connectivity index (χ3v) is 4.57. The van der Waals surface area contributed by atoms with Crippen molar-refractivity contribution >= 4 is 23.2 Å². The van der Waals surface area contributed by atoms with Gasteiger partial charge in [-0.3, -0.25) is 9.69 Å². The average molecular weight is 347 g/mol. The molecule has 1 amide bonds. The van der Waals surface area contributed by atoms with Gasteiger partial charge in [-0.15, -0.1) is 11.3 Å². The van der Waals surface area contributed by atoms with Crippen molar-refractivity contribution in [3.63, 3.8) is 0 Å².